The molecule has 0 bridgehead atoms. The lowest BCUT2D eigenvalue weighted by Crippen LogP contribution is -2.14. The molecule has 1 aromatic heterocycles. The summed E-state index contributed by atoms with van der Waals surface area (Å²) >= 11 is 1.36. The van der Waals surface area contributed by atoms with E-state index in [1.807, 2.05) is 6.92 Å². The standard InChI is InChI=1S/C19H22FNO4S/c1-4-13-11-14(19(23)25-5-2)18(26-13)21-17(22)9-7-12-6-8-16(24-3)15(20)10-12/h6,8,10-11H,4-5,7,9H2,1-3H3,(H,21,22). The van der Waals surface area contributed by atoms with Crippen molar-refractivity contribution in [3.63, 3.8) is 0 Å². The molecule has 140 valence electrons. The second-order valence-corrected chi connectivity index (χ2v) is 6.68. The van der Waals surface area contributed by atoms with Gasteiger partial charge >= 0.3 is 5.97 Å². The molecule has 0 aliphatic heterocycles. The van der Waals surface area contributed by atoms with Crippen LogP contribution in [0.3, 0.4) is 0 Å². The van der Waals surface area contributed by atoms with Gasteiger partial charge in [-0.2, -0.15) is 0 Å². The number of amides is 1. The number of halogens is 1. The molecule has 1 amide bonds. The van der Waals surface area contributed by atoms with Crippen molar-refractivity contribution in [3.05, 3.63) is 46.1 Å². The van der Waals surface area contributed by atoms with Crippen LogP contribution in [-0.2, 0) is 22.4 Å². The van der Waals surface area contributed by atoms with Crippen molar-refractivity contribution in [2.45, 2.75) is 33.1 Å². The van der Waals surface area contributed by atoms with E-state index in [0.717, 1.165) is 11.3 Å². The summed E-state index contributed by atoms with van der Waals surface area (Å²) in [5.74, 6) is -0.976. The lowest BCUT2D eigenvalue weighted by atomic mass is 10.1. The second-order valence-electron chi connectivity index (χ2n) is 5.55. The summed E-state index contributed by atoms with van der Waals surface area (Å²) < 4.78 is 23.6. The highest BCUT2D eigenvalue weighted by molar-refractivity contribution is 7.16. The van der Waals surface area contributed by atoms with Crippen LogP contribution in [0.5, 0.6) is 5.75 Å². The van der Waals surface area contributed by atoms with Gasteiger partial charge in [-0.05, 0) is 43.5 Å². The molecular formula is C19H22FNO4S. The minimum absolute atomic E-state index is 0.169. The van der Waals surface area contributed by atoms with Crippen LogP contribution in [0.1, 0.15) is 41.1 Å². The number of thiophene rings is 1. The fourth-order valence-electron chi connectivity index (χ4n) is 2.38. The van der Waals surface area contributed by atoms with Gasteiger partial charge in [-0.3, -0.25) is 4.79 Å². The van der Waals surface area contributed by atoms with Crippen LogP contribution in [0.25, 0.3) is 0 Å². The Kier molecular flexibility index (Phi) is 7.15. The van der Waals surface area contributed by atoms with Gasteiger partial charge in [-0.15, -0.1) is 11.3 Å². The highest BCUT2D eigenvalue weighted by Gasteiger charge is 2.18. The number of hydrogen-bond acceptors (Lipinski definition) is 5. The van der Waals surface area contributed by atoms with Crippen LogP contribution in [0.4, 0.5) is 9.39 Å². The predicted octanol–water partition coefficient (Wildman–Crippen LogP) is 4.21. The largest absolute Gasteiger partial charge is 0.494 e. The van der Waals surface area contributed by atoms with Crippen molar-refractivity contribution in [3.8, 4) is 5.75 Å². The van der Waals surface area contributed by atoms with E-state index < -0.39 is 11.8 Å². The molecule has 0 unspecified atom stereocenters. The van der Waals surface area contributed by atoms with Gasteiger partial charge in [-0.1, -0.05) is 13.0 Å². The number of esters is 1. The highest BCUT2D eigenvalue weighted by atomic mass is 32.1. The first-order chi connectivity index (χ1) is 12.5. The summed E-state index contributed by atoms with van der Waals surface area (Å²) in [4.78, 5) is 25.3. The maximum atomic E-state index is 13.7. The molecule has 2 aromatic rings. The fraction of sp³-hybridized carbons (Fsp3) is 0.368. The van der Waals surface area contributed by atoms with Crippen molar-refractivity contribution in [2.24, 2.45) is 0 Å². The quantitative estimate of drug-likeness (QED) is 0.698. The molecule has 1 heterocycles. The zero-order valence-corrected chi connectivity index (χ0v) is 15.9. The monoisotopic (exact) mass is 379 g/mol. The first-order valence-corrected chi connectivity index (χ1v) is 9.22. The zero-order valence-electron chi connectivity index (χ0n) is 15.1. The first kappa shape index (κ1) is 19.9. The molecule has 1 N–H and O–H groups in total. The minimum Gasteiger partial charge on any atom is -0.494 e. The van der Waals surface area contributed by atoms with Gasteiger partial charge in [-0.25, -0.2) is 9.18 Å². The smallest absolute Gasteiger partial charge is 0.341 e. The van der Waals surface area contributed by atoms with Gasteiger partial charge < -0.3 is 14.8 Å². The van der Waals surface area contributed by atoms with Crippen LogP contribution in [0.2, 0.25) is 0 Å². The van der Waals surface area contributed by atoms with Crippen molar-refractivity contribution >= 4 is 28.2 Å². The molecule has 0 atom stereocenters. The van der Waals surface area contributed by atoms with E-state index in [1.165, 1.54) is 30.6 Å². The Balaban J connectivity index is 2.02. The van der Waals surface area contributed by atoms with E-state index in [1.54, 1.807) is 19.1 Å². The molecule has 0 saturated heterocycles. The molecule has 5 nitrogen and oxygen atoms in total. The normalized spacial score (nSPS) is 10.5. The van der Waals surface area contributed by atoms with E-state index in [4.69, 9.17) is 9.47 Å². The van der Waals surface area contributed by atoms with Crippen molar-refractivity contribution in [1.29, 1.82) is 0 Å². The number of carbonyl (C=O) groups excluding carboxylic acids is 2. The molecule has 0 aliphatic carbocycles. The summed E-state index contributed by atoms with van der Waals surface area (Å²) in [6, 6.07) is 6.36. The minimum atomic E-state index is -0.458. The Bertz CT molecular complexity index is 788. The Morgan fingerprint density at radius 3 is 2.62 bits per heavy atom. The number of nitrogens with one attached hydrogen (secondary N) is 1. The molecule has 0 radical (unpaired) electrons. The lowest BCUT2D eigenvalue weighted by Gasteiger charge is -2.07. The summed E-state index contributed by atoms with van der Waals surface area (Å²) in [6.45, 7) is 3.98. The Morgan fingerprint density at radius 2 is 2.00 bits per heavy atom. The molecule has 0 aliphatic rings. The van der Waals surface area contributed by atoms with Gasteiger partial charge in [0.1, 0.15) is 5.00 Å². The topological polar surface area (TPSA) is 64.6 Å². The van der Waals surface area contributed by atoms with Gasteiger partial charge in [0.25, 0.3) is 0 Å². The van der Waals surface area contributed by atoms with Crippen LogP contribution < -0.4 is 10.1 Å². The molecule has 1 aromatic carbocycles. The molecule has 0 spiro atoms. The number of aryl methyl sites for hydroxylation is 2. The van der Waals surface area contributed by atoms with Gasteiger partial charge in [0.15, 0.2) is 11.6 Å². The Morgan fingerprint density at radius 1 is 1.23 bits per heavy atom. The van der Waals surface area contributed by atoms with E-state index in [-0.39, 0.29) is 24.7 Å². The van der Waals surface area contributed by atoms with Gasteiger partial charge in [0, 0.05) is 11.3 Å². The Hall–Kier alpha value is -2.41. The second kappa shape index (κ2) is 9.33. The van der Waals surface area contributed by atoms with E-state index >= 15 is 0 Å². The molecule has 26 heavy (non-hydrogen) atoms. The van der Waals surface area contributed by atoms with Crippen molar-refractivity contribution in [1.82, 2.24) is 0 Å². The Labute approximate surface area is 156 Å². The van der Waals surface area contributed by atoms with E-state index in [9.17, 15) is 14.0 Å². The number of hydrogen-bond donors (Lipinski definition) is 1. The summed E-state index contributed by atoms with van der Waals surface area (Å²) in [5.41, 5.74) is 1.07. The number of methoxy groups -OCH3 is 1. The SMILES string of the molecule is CCOC(=O)c1cc(CC)sc1NC(=O)CCc1ccc(OC)c(F)c1. The van der Waals surface area contributed by atoms with Crippen LogP contribution in [0, 0.1) is 5.82 Å². The third kappa shape index (κ3) is 5.05. The lowest BCUT2D eigenvalue weighted by molar-refractivity contribution is -0.116. The summed E-state index contributed by atoms with van der Waals surface area (Å²) in [7, 11) is 1.40. The first-order valence-electron chi connectivity index (χ1n) is 8.40. The maximum absolute atomic E-state index is 13.7. The summed E-state index contributed by atoms with van der Waals surface area (Å²) in [6.07, 6.45) is 1.32. The number of ether oxygens (including phenoxy) is 2. The molecule has 0 fully saturated rings. The van der Waals surface area contributed by atoms with Crippen LogP contribution in [-0.4, -0.2) is 25.6 Å². The third-order valence-corrected chi connectivity index (χ3v) is 4.93. The van der Waals surface area contributed by atoms with Crippen molar-refractivity contribution in [2.75, 3.05) is 19.0 Å². The predicted molar refractivity (Wildman–Crippen MR) is 99.6 cm³/mol. The van der Waals surface area contributed by atoms with Gasteiger partial charge in [0.2, 0.25) is 5.91 Å². The van der Waals surface area contributed by atoms with E-state index in [2.05, 4.69) is 5.32 Å². The number of anilines is 1. The highest BCUT2D eigenvalue weighted by Crippen LogP contribution is 2.29. The third-order valence-electron chi connectivity index (χ3n) is 3.74. The number of carbonyl (C=O) groups is 2. The van der Waals surface area contributed by atoms with Crippen LogP contribution >= 0.6 is 11.3 Å². The van der Waals surface area contributed by atoms with E-state index in [0.29, 0.717) is 22.5 Å². The van der Waals surface area contributed by atoms with Crippen molar-refractivity contribution < 1.29 is 23.5 Å². The summed E-state index contributed by atoms with van der Waals surface area (Å²) in [5, 5.41) is 3.26. The molecular weight excluding hydrogens is 357 g/mol. The fourth-order valence-corrected chi connectivity index (χ4v) is 3.38. The number of rotatable bonds is 8. The molecule has 0 saturated carbocycles. The average molecular weight is 379 g/mol. The number of benzene rings is 1. The maximum Gasteiger partial charge on any atom is 0.341 e. The van der Waals surface area contributed by atoms with Crippen LogP contribution in [0.15, 0.2) is 24.3 Å². The zero-order chi connectivity index (χ0) is 19.1. The molecule has 7 heteroatoms. The average Bonchev–Trinajstić information content (AvgIpc) is 3.03. The molecule has 2 rings (SSSR count). The van der Waals surface area contributed by atoms with Gasteiger partial charge in [0.05, 0.1) is 19.3 Å².